The zero-order valence-corrected chi connectivity index (χ0v) is 11.5. The number of benzene rings is 1. The third-order valence-corrected chi connectivity index (χ3v) is 3.73. The van der Waals surface area contributed by atoms with Crippen molar-refractivity contribution in [1.82, 2.24) is 0 Å². The Morgan fingerprint density at radius 1 is 1.44 bits per heavy atom. The van der Waals surface area contributed by atoms with Crippen LogP contribution in [0.15, 0.2) is 22.7 Å². The van der Waals surface area contributed by atoms with Crippen molar-refractivity contribution >= 4 is 15.9 Å². The van der Waals surface area contributed by atoms with Crippen LogP contribution in [-0.2, 0) is 6.42 Å². The molecule has 1 rings (SSSR count). The van der Waals surface area contributed by atoms with Crippen molar-refractivity contribution < 1.29 is 9.50 Å². The minimum absolute atomic E-state index is 0.186. The average Bonchev–Trinajstić information content (AvgIpc) is 2.23. The van der Waals surface area contributed by atoms with E-state index in [9.17, 15) is 9.50 Å². The van der Waals surface area contributed by atoms with E-state index in [4.69, 9.17) is 0 Å². The zero-order chi connectivity index (χ0) is 12.3. The van der Waals surface area contributed by atoms with Crippen molar-refractivity contribution in [2.75, 3.05) is 0 Å². The first-order chi connectivity index (χ1) is 7.36. The Kier molecular flexibility index (Phi) is 4.51. The molecule has 0 aliphatic carbocycles. The minimum Gasteiger partial charge on any atom is -0.392 e. The Bertz CT molecular complexity index is 363. The van der Waals surface area contributed by atoms with Gasteiger partial charge >= 0.3 is 0 Å². The van der Waals surface area contributed by atoms with Gasteiger partial charge in [-0.15, -0.1) is 0 Å². The fourth-order valence-electron chi connectivity index (χ4n) is 1.42. The average molecular weight is 289 g/mol. The molecule has 1 unspecified atom stereocenters. The monoisotopic (exact) mass is 288 g/mol. The molecular formula is C13H18BrFO. The van der Waals surface area contributed by atoms with Crippen molar-refractivity contribution in [2.45, 2.75) is 39.7 Å². The van der Waals surface area contributed by atoms with Gasteiger partial charge in [0.1, 0.15) is 5.82 Å². The molecule has 0 amide bonds. The molecule has 0 aliphatic rings. The van der Waals surface area contributed by atoms with Gasteiger partial charge in [0.15, 0.2) is 0 Å². The van der Waals surface area contributed by atoms with Gasteiger partial charge in [0.25, 0.3) is 0 Å². The Morgan fingerprint density at radius 3 is 2.62 bits per heavy atom. The number of rotatable bonds is 4. The summed E-state index contributed by atoms with van der Waals surface area (Å²) in [4.78, 5) is 0. The predicted octanol–water partition coefficient (Wildman–Crippen LogP) is 3.93. The smallest absolute Gasteiger partial charge is 0.126 e. The highest BCUT2D eigenvalue weighted by atomic mass is 79.9. The zero-order valence-electron chi connectivity index (χ0n) is 9.93. The van der Waals surface area contributed by atoms with Crippen molar-refractivity contribution in [3.8, 4) is 0 Å². The number of aliphatic hydroxyl groups excluding tert-OH is 1. The molecule has 1 nitrogen and oxygen atoms in total. The highest BCUT2D eigenvalue weighted by molar-refractivity contribution is 9.10. The van der Waals surface area contributed by atoms with E-state index in [1.807, 2.05) is 20.8 Å². The van der Waals surface area contributed by atoms with Crippen molar-refractivity contribution in [3.63, 3.8) is 0 Å². The lowest BCUT2D eigenvalue weighted by Crippen LogP contribution is -2.30. The quantitative estimate of drug-likeness (QED) is 0.890. The molecule has 1 aromatic carbocycles. The molecule has 0 bridgehead atoms. The Morgan fingerprint density at radius 2 is 2.06 bits per heavy atom. The fourth-order valence-corrected chi connectivity index (χ4v) is 1.83. The summed E-state index contributed by atoms with van der Waals surface area (Å²) in [5.74, 6) is -0.255. The second-order valence-corrected chi connectivity index (χ2v) is 5.71. The molecule has 0 aliphatic heterocycles. The molecule has 1 atom stereocenters. The van der Waals surface area contributed by atoms with Crippen LogP contribution in [0.25, 0.3) is 0 Å². The van der Waals surface area contributed by atoms with E-state index >= 15 is 0 Å². The van der Waals surface area contributed by atoms with Gasteiger partial charge in [-0.05, 0) is 35.6 Å². The first-order valence-electron chi connectivity index (χ1n) is 5.49. The standard InChI is InChI=1S/C13H18BrFO/c1-4-13(2,3)12(16)8-9-7-10(14)5-6-11(9)15/h5-7,12,16H,4,8H2,1-3H3. The van der Waals surface area contributed by atoms with Crippen LogP contribution in [0.3, 0.4) is 0 Å². The van der Waals surface area contributed by atoms with Gasteiger partial charge in [-0.25, -0.2) is 4.39 Å². The van der Waals surface area contributed by atoms with Gasteiger partial charge in [0.05, 0.1) is 6.10 Å². The summed E-state index contributed by atoms with van der Waals surface area (Å²) in [6.07, 6.45) is 0.692. The van der Waals surface area contributed by atoms with E-state index in [1.165, 1.54) is 6.07 Å². The van der Waals surface area contributed by atoms with Crippen LogP contribution in [0.4, 0.5) is 4.39 Å². The van der Waals surface area contributed by atoms with E-state index in [0.717, 1.165) is 10.9 Å². The number of halogens is 2. The van der Waals surface area contributed by atoms with Gasteiger partial charge in [-0.2, -0.15) is 0 Å². The first-order valence-corrected chi connectivity index (χ1v) is 6.28. The second-order valence-electron chi connectivity index (χ2n) is 4.80. The molecule has 3 heteroatoms. The van der Waals surface area contributed by atoms with Crippen molar-refractivity contribution in [1.29, 1.82) is 0 Å². The summed E-state index contributed by atoms with van der Waals surface area (Å²) in [7, 11) is 0. The fraction of sp³-hybridized carbons (Fsp3) is 0.538. The van der Waals surface area contributed by atoms with Crippen LogP contribution in [0.2, 0.25) is 0 Å². The van der Waals surface area contributed by atoms with Crippen LogP contribution in [0, 0.1) is 11.2 Å². The van der Waals surface area contributed by atoms with Crippen molar-refractivity contribution in [3.05, 3.63) is 34.1 Å². The van der Waals surface area contributed by atoms with Crippen LogP contribution >= 0.6 is 15.9 Å². The Balaban J connectivity index is 2.84. The maximum atomic E-state index is 13.5. The topological polar surface area (TPSA) is 20.2 Å². The third-order valence-electron chi connectivity index (χ3n) is 3.23. The number of hydrogen-bond acceptors (Lipinski definition) is 1. The molecule has 0 fully saturated rings. The maximum absolute atomic E-state index is 13.5. The molecule has 90 valence electrons. The summed E-state index contributed by atoms with van der Waals surface area (Å²) in [5.41, 5.74) is 0.373. The minimum atomic E-state index is -0.527. The van der Waals surface area contributed by atoms with E-state index in [2.05, 4.69) is 15.9 Å². The van der Waals surface area contributed by atoms with E-state index in [0.29, 0.717) is 12.0 Å². The van der Waals surface area contributed by atoms with Crippen LogP contribution in [-0.4, -0.2) is 11.2 Å². The van der Waals surface area contributed by atoms with Gasteiger partial charge < -0.3 is 5.11 Å². The van der Waals surface area contributed by atoms with Gasteiger partial charge in [-0.1, -0.05) is 36.7 Å². The molecule has 1 N–H and O–H groups in total. The highest BCUT2D eigenvalue weighted by Crippen LogP contribution is 2.28. The molecule has 1 aromatic rings. The number of aliphatic hydroxyl groups is 1. The van der Waals surface area contributed by atoms with Gasteiger partial charge in [-0.3, -0.25) is 0 Å². The van der Waals surface area contributed by atoms with E-state index in [-0.39, 0.29) is 11.2 Å². The molecule has 0 spiro atoms. The summed E-state index contributed by atoms with van der Waals surface area (Å²) in [5, 5.41) is 10.1. The molecule has 16 heavy (non-hydrogen) atoms. The lowest BCUT2D eigenvalue weighted by Gasteiger charge is -2.29. The summed E-state index contributed by atoms with van der Waals surface area (Å²) in [6.45, 7) is 6.02. The third kappa shape index (κ3) is 3.29. The van der Waals surface area contributed by atoms with Crippen LogP contribution in [0.5, 0.6) is 0 Å². The molecule has 0 saturated heterocycles. The second kappa shape index (κ2) is 5.28. The molecule has 0 aromatic heterocycles. The Hall–Kier alpha value is -0.410. The highest BCUT2D eigenvalue weighted by Gasteiger charge is 2.26. The molecule has 0 saturated carbocycles. The van der Waals surface area contributed by atoms with Gasteiger partial charge in [0, 0.05) is 10.9 Å². The SMILES string of the molecule is CCC(C)(C)C(O)Cc1cc(Br)ccc1F. The largest absolute Gasteiger partial charge is 0.392 e. The summed E-state index contributed by atoms with van der Waals surface area (Å²) >= 11 is 3.31. The molecular weight excluding hydrogens is 271 g/mol. The number of hydrogen-bond donors (Lipinski definition) is 1. The van der Waals surface area contributed by atoms with E-state index in [1.54, 1.807) is 12.1 Å². The van der Waals surface area contributed by atoms with Crippen LogP contribution in [0.1, 0.15) is 32.8 Å². The lowest BCUT2D eigenvalue weighted by atomic mass is 9.81. The Labute approximate surface area is 105 Å². The van der Waals surface area contributed by atoms with Crippen molar-refractivity contribution in [2.24, 2.45) is 5.41 Å². The predicted molar refractivity (Wildman–Crippen MR) is 67.9 cm³/mol. The molecule has 0 heterocycles. The maximum Gasteiger partial charge on any atom is 0.126 e. The lowest BCUT2D eigenvalue weighted by molar-refractivity contribution is 0.0473. The summed E-state index contributed by atoms with van der Waals surface area (Å²) in [6, 6.07) is 4.81. The van der Waals surface area contributed by atoms with Gasteiger partial charge in [0.2, 0.25) is 0 Å². The van der Waals surface area contributed by atoms with Crippen LogP contribution < -0.4 is 0 Å². The normalized spacial score (nSPS) is 13.9. The van der Waals surface area contributed by atoms with E-state index < -0.39 is 6.10 Å². The summed E-state index contributed by atoms with van der Waals surface area (Å²) < 4.78 is 14.3. The first kappa shape index (κ1) is 13.7. The molecule has 0 radical (unpaired) electrons.